The van der Waals surface area contributed by atoms with Gasteiger partial charge in [0, 0.05) is 13.1 Å². The van der Waals surface area contributed by atoms with Crippen LogP contribution in [0.15, 0.2) is 36.9 Å². The van der Waals surface area contributed by atoms with E-state index in [-0.39, 0.29) is 11.5 Å². The van der Waals surface area contributed by atoms with E-state index in [0.717, 1.165) is 37.0 Å². The number of anilines is 1. The molecule has 0 radical (unpaired) electrons. The molecule has 1 saturated heterocycles. The molecule has 0 atom stereocenters. The molecule has 0 spiro atoms. The summed E-state index contributed by atoms with van der Waals surface area (Å²) in [6.07, 6.45) is 4.97. The van der Waals surface area contributed by atoms with Crippen LogP contribution in [0.4, 0.5) is 11.5 Å². The van der Waals surface area contributed by atoms with Crippen LogP contribution in [-0.4, -0.2) is 37.5 Å². The van der Waals surface area contributed by atoms with E-state index in [1.165, 1.54) is 6.33 Å². The highest BCUT2D eigenvalue weighted by atomic mass is 16.6. The Kier molecular flexibility index (Phi) is 3.79. The van der Waals surface area contributed by atoms with Gasteiger partial charge >= 0.3 is 5.69 Å². The standard InChI is InChI=1S/C17H18N6O2/c1-12-6-8-21(9-7-12)16-15(23(24)25)17(19-10-18-16)22-11-20-13-4-2-3-5-14(13)22/h2-5,10-12H,6-9H2,1H3. The molecule has 0 bridgehead atoms. The van der Waals surface area contributed by atoms with Crippen molar-refractivity contribution in [1.29, 1.82) is 0 Å². The number of nitrogens with zero attached hydrogens (tertiary/aromatic N) is 6. The Morgan fingerprint density at radius 2 is 1.84 bits per heavy atom. The Balaban J connectivity index is 1.86. The molecule has 25 heavy (non-hydrogen) atoms. The van der Waals surface area contributed by atoms with Crippen LogP contribution in [0.2, 0.25) is 0 Å². The first-order valence-electron chi connectivity index (χ1n) is 8.32. The second kappa shape index (κ2) is 6.12. The van der Waals surface area contributed by atoms with Crippen molar-refractivity contribution in [3.8, 4) is 5.82 Å². The number of aromatic nitrogens is 4. The highest BCUT2D eigenvalue weighted by molar-refractivity contribution is 5.79. The van der Waals surface area contributed by atoms with E-state index in [1.807, 2.05) is 29.2 Å². The van der Waals surface area contributed by atoms with Crippen LogP contribution in [0.3, 0.4) is 0 Å². The quantitative estimate of drug-likeness (QED) is 0.539. The van der Waals surface area contributed by atoms with Gasteiger partial charge in [-0.3, -0.25) is 14.7 Å². The van der Waals surface area contributed by atoms with Gasteiger partial charge in [0.15, 0.2) is 0 Å². The van der Waals surface area contributed by atoms with Crippen LogP contribution >= 0.6 is 0 Å². The van der Waals surface area contributed by atoms with E-state index < -0.39 is 4.92 Å². The van der Waals surface area contributed by atoms with Gasteiger partial charge < -0.3 is 4.90 Å². The van der Waals surface area contributed by atoms with Crippen LogP contribution in [-0.2, 0) is 0 Å². The molecule has 1 aliphatic heterocycles. The largest absolute Gasteiger partial charge is 0.354 e. The normalized spacial score (nSPS) is 15.6. The Hall–Kier alpha value is -3.03. The van der Waals surface area contributed by atoms with Crippen molar-refractivity contribution in [1.82, 2.24) is 19.5 Å². The molecule has 8 nitrogen and oxygen atoms in total. The lowest BCUT2D eigenvalue weighted by atomic mass is 9.99. The van der Waals surface area contributed by atoms with Crippen molar-refractivity contribution >= 4 is 22.5 Å². The van der Waals surface area contributed by atoms with Gasteiger partial charge in [-0.05, 0) is 30.9 Å². The molecule has 3 aromatic rings. The minimum Gasteiger partial charge on any atom is -0.351 e. The van der Waals surface area contributed by atoms with Crippen molar-refractivity contribution in [2.45, 2.75) is 19.8 Å². The molecule has 1 aliphatic rings. The molecule has 1 fully saturated rings. The number of para-hydroxylation sites is 2. The van der Waals surface area contributed by atoms with Crippen LogP contribution in [0.25, 0.3) is 16.9 Å². The molecule has 0 amide bonds. The van der Waals surface area contributed by atoms with Gasteiger partial charge in [-0.15, -0.1) is 0 Å². The summed E-state index contributed by atoms with van der Waals surface area (Å²) < 4.78 is 1.66. The van der Waals surface area contributed by atoms with Gasteiger partial charge in [0.05, 0.1) is 16.0 Å². The Morgan fingerprint density at radius 3 is 2.60 bits per heavy atom. The molecule has 0 unspecified atom stereocenters. The minimum atomic E-state index is -0.391. The van der Waals surface area contributed by atoms with E-state index in [0.29, 0.717) is 11.7 Å². The van der Waals surface area contributed by atoms with E-state index in [2.05, 4.69) is 21.9 Å². The first-order valence-corrected chi connectivity index (χ1v) is 8.32. The minimum absolute atomic E-state index is 0.0693. The van der Waals surface area contributed by atoms with Crippen molar-refractivity contribution in [3.63, 3.8) is 0 Å². The zero-order chi connectivity index (χ0) is 17.4. The highest BCUT2D eigenvalue weighted by Crippen LogP contribution is 2.34. The number of imidazole rings is 1. The zero-order valence-corrected chi connectivity index (χ0v) is 13.9. The van der Waals surface area contributed by atoms with Gasteiger partial charge in [-0.2, -0.15) is 0 Å². The summed E-state index contributed by atoms with van der Waals surface area (Å²) in [5.74, 6) is 1.27. The van der Waals surface area contributed by atoms with Crippen molar-refractivity contribution in [2.24, 2.45) is 5.92 Å². The first-order chi connectivity index (χ1) is 12.1. The SMILES string of the molecule is CC1CCN(c2ncnc(-n3cnc4ccccc43)c2[N+](=O)[O-])CC1. The van der Waals surface area contributed by atoms with Gasteiger partial charge in [0.2, 0.25) is 11.6 Å². The molecule has 3 heterocycles. The molecule has 128 valence electrons. The second-order valence-electron chi connectivity index (χ2n) is 6.40. The Labute approximate surface area is 144 Å². The average molecular weight is 338 g/mol. The van der Waals surface area contributed by atoms with Crippen LogP contribution < -0.4 is 4.90 Å². The number of fused-ring (bicyclic) bond motifs is 1. The summed E-state index contributed by atoms with van der Waals surface area (Å²) in [5.41, 5.74) is 1.48. The third kappa shape index (κ3) is 2.69. The number of nitro groups is 1. The lowest BCUT2D eigenvalue weighted by molar-refractivity contribution is -0.384. The van der Waals surface area contributed by atoms with Crippen LogP contribution in [0.1, 0.15) is 19.8 Å². The maximum Gasteiger partial charge on any atom is 0.354 e. The lowest BCUT2D eigenvalue weighted by Gasteiger charge is -2.30. The predicted octanol–water partition coefficient (Wildman–Crippen LogP) is 2.96. The predicted molar refractivity (Wildman–Crippen MR) is 93.9 cm³/mol. The fourth-order valence-corrected chi connectivity index (χ4v) is 3.28. The highest BCUT2D eigenvalue weighted by Gasteiger charge is 2.30. The molecule has 1 aromatic carbocycles. The second-order valence-corrected chi connectivity index (χ2v) is 6.40. The summed E-state index contributed by atoms with van der Waals surface area (Å²) in [7, 11) is 0. The molecule has 8 heteroatoms. The van der Waals surface area contributed by atoms with Gasteiger partial charge in [-0.25, -0.2) is 15.0 Å². The fourth-order valence-electron chi connectivity index (χ4n) is 3.28. The van der Waals surface area contributed by atoms with Crippen molar-refractivity contribution in [2.75, 3.05) is 18.0 Å². The zero-order valence-electron chi connectivity index (χ0n) is 13.9. The molecule has 0 N–H and O–H groups in total. The molecule has 4 rings (SSSR count). The van der Waals surface area contributed by atoms with Gasteiger partial charge in [-0.1, -0.05) is 19.1 Å². The number of hydrogen-bond donors (Lipinski definition) is 0. The molecular formula is C17H18N6O2. The topological polar surface area (TPSA) is 90.0 Å². The molecule has 0 saturated carbocycles. The van der Waals surface area contributed by atoms with Crippen molar-refractivity contribution < 1.29 is 4.92 Å². The third-order valence-electron chi connectivity index (χ3n) is 4.73. The summed E-state index contributed by atoms with van der Waals surface area (Å²) in [4.78, 5) is 26.2. The van der Waals surface area contributed by atoms with Crippen LogP contribution in [0, 0.1) is 16.0 Å². The van der Waals surface area contributed by atoms with E-state index in [1.54, 1.807) is 10.9 Å². The Morgan fingerprint density at radius 1 is 1.12 bits per heavy atom. The fraction of sp³-hybridized carbons (Fsp3) is 0.353. The molecular weight excluding hydrogens is 320 g/mol. The smallest absolute Gasteiger partial charge is 0.351 e. The maximum absolute atomic E-state index is 11.8. The third-order valence-corrected chi connectivity index (χ3v) is 4.73. The monoisotopic (exact) mass is 338 g/mol. The number of benzene rings is 1. The summed E-state index contributed by atoms with van der Waals surface area (Å²) in [6, 6.07) is 7.50. The van der Waals surface area contributed by atoms with Crippen LogP contribution in [0.5, 0.6) is 0 Å². The molecule has 0 aliphatic carbocycles. The number of piperidine rings is 1. The lowest BCUT2D eigenvalue weighted by Crippen LogP contribution is -2.34. The summed E-state index contributed by atoms with van der Waals surface area (Å²) in [5, 5.41) is 11.8. The van der Waals surface area contributed by atoms with E-state index >= 15 is 0 Å². The summed E-state index contributed by atoms with van der Waals surface area (Å²) in [6.45, 7) is 3.74. The number of hydrogen-bond acceptors (Lipinski definition) is 6. The van der Waals surface area contributed by atoms with Gasteiger partial charge in [0.1, 0.15) is 12.7 Å². The van der Waals surface area contributed by atoms with E-state index in [9.17, 15) is 10.1 Å². The van der Waals surface area contributed by atoms with E-state index in [4.69, 9.17) is 0 Å². The van der Waals surface area contributed by atoms with Gasteiger partial charge in [0.25, 0.3) is 0 Å². The maximum atomic E-state index is 11.8. The Bertz CT molecular complexity index is 930. The van der Waals surface area contributed by atoms with Crippen molar-refractivity contribution in [3.05, 3.63) is 47.0 Å². The summed E-state index contributed by atoms with van der Waals surface area (Å²) >= 11 is 0. The molecule has 2 aromatic heterocycles. The first kappa shape index (κ1) is 15.5. The number of rotatable bonds is 3. The average Bonchev–Trinajstić information content (AvgIpc) is 3.05.